The lowest BCUT2D eigenvalue weighted by Crippen LogP contribution is -2.23. The Balaban J connectivity index is -0.000000526. The Morgan fingerprint density at radius 3 is 1.46 bits per heavy atom. The predicted molar refractivity (Wildman–Crippen MR) is 156 cm³/mol. The second kappa shape index (κ2) is 32.2. The Bertz CT molecular complexity index is 848. The highest BCUT2D eigenvalue weighted by Crippen LogP contribution is 1.98. The third-order valence-corrected chi connectivity index (χ3v) is 4.45. The standard InChI is InChI=1S/C12H20N2O2.C11H20N2O2.C6H9NO/c1-3-4-9-14-12(16)8-6-5-7-10-13-11(2)15;1-3-7-11(15)13-9-6-4-5-8-12-10(2)14;1-3-4-5-7-6(2)8/h5-10H2,1-2H3,(H,13,15)(H,14,16);3,7H,4-6,8-9H2,1-2H3,(H,12,14)(H,13,15);5H2,1-2H3,(H,7,8)/b;7-3+;. The summed E-state index contributed by atoms with van der Waals surface area (Å²) in [4.78, 5) is 53.4. The molecule has 5 amide bonds. The lowest BCUT2D eigenvalue weighted by molar-refractivity contribution is -0.121. The van der Waals surface area contributed by atoms with Crippen molar-refractivity contribution in [2.75, 3.05) is 32.7 Å². The van der Waals surface area contributed by atoms with Gasteiger partial charge in [-0.3, -0.25) is 24.0 Å². The van der Waals surface area contributed by atoms with E-state index in [0.29, 0.717) is 32.6 Å². The lowest BCUT2D eigenvalue weighted by Gasteiger charge is -2.03. The molecular weight excluding hydrogens is 498 g/mol. The van der Waals surface area contributed by atoms with E-state index in [1.54, 1.807) is 19.9 Å². The molecule has 0 unspecified atom stereocenters. The average molecular weight is 548 g/mol. The van der Waals surface area contributed by atoms with Gasteiger partial charge in [0.05, 0.1) is 13.1 Å². The van der Waals surface area contributed by atoms with Gasteiger partial charge in [-0.05, 0) is 59.0 Å². The van der Waals surface area contributed by atoms with Gasteiger partial charge in [0.15, 0.2) is 0 Å². The van der Waals surface area contributed by atoms with Crippen LogP contribution in [0.1, 0.15) is 86.5 Å². The van der Waals surface area contributed by atoms with Crippen LogP contribution in [0.2, 0.25) is 0 Å². The third kappa shape index (κ3) is 44.6. The normalized spacial score (nSPS) is 8.97. The minimum atomic E-state index is -0.0423. The first-order chi connectivity index (χ1) is 18.6. The van der Waals surface area contributed by atoms with Crippen LogP contribution >= 0.6 is 0 Å². The highest BCUT2D eigenvalue weighted by molar-refractivity contribution is 5.87. The van der Waals surface area contributed by atoms with E-state index in [0.717, 1.165) is 45.1 Å². The topological polar surface area (TPSA) is 146 Å². The van der Waals surface area contributed by atoms with Gasteiger partial charge in [0.1, 0.15) is 0 Å². The highest BCUT2D eigenvalue weighted by atomic mass is 16.2. The molecule has 0 aromatic rings. The second-order valence-electron chi connectivity index (χ2n) is 8.17. The van der Waals surface area contributed by atoms with Crippen LogP contribution in [-0.4, -0.2) is 62.3 Å². The second-order valence-corrected chi connectivity index (χ2v) is 8.17. The van der Waals surface area contributed by atoms with Crippen LogP contribution in [0.15, 0.2) is 12.2 Å². The van der Waals surface area contributed by atoms with Gasteiger partial charge in [-0.25, -0.2) is 0 Å². The summed E-state index contributed by atoms with van der Waals surface area (Å²) in [7, 11) is 0. The van der Waals surface area contributed by atoms with Gasteiger partial charge in [-0.15, -0.1) is 11.8 Å². The summed E-state index contributed by atoms with van der Waals surface area (Å²) in [5.74, 6) is 10.8. The molecule has 0 bridgehead atoms. The fraction of sp³-hybridized carbons (Fsp3) is 0.621. The number of unbranched alkanes of at least 4 members (excludes halogenated alkanes) is 4. The van der Waals surface area contributed by atoms with Crippen LogP contribution in [-0.2, 0) is 24.0 Å². The molecule has 0 atom stereocenters. The fourth-order valence-corrected chi connectivity index (χ4v) is 2.54. The zero-order chi connectivity index (χ0) is 30.2. The molecule has 0 spiro atoms. The molecule has 0 aliphatic carbocycles. The number of carbonyl (C=O) groups excluding carboxylic acids is 5. The fourth-order valence-electron chi connectivity index (χ4n) is 2.54. The summed E-state index contributed by atoms with van der Waals surface area (Å²) in [6.45, 7) is 12.8. The summed E-state index contributed by atoms with van der Waals surface area (Å²) in [6.07, 6.45) is 9.40. The summed E-state index contributed by atoms with van der Waals surface area (Å²) in [5, 5.41) is 13.5. The molecule has 0 aliphatic heterocycles. The lowest BCUT2D eigenvalue weighted by atomic mass is 10.2. The molecule has 0 aromatic heterocycles. The largest absolute Gasteiger partial charge is 0.356 e. The van der Waals surface area contributed by atoms with Crippen LogP contribution < -0.4 is 26.6 Å². The van der Waals surface area contributed by atoms with E-state index in [-0.39, 0.29) is 29.5 Å². The number of rotatable bonds is 15. The Morgan fingerprint density at radius 1 is 0.590 bits per heavy atom. The quantitative estimate of drug-likeness (QED) is 0.121. The molecule has 0 heterocycles. The predicted octanol–water partition coefficient (Wildman–Crippen LogP) is 1.95. The van der Waals surface area contributed by atoms with Crippen LogP contribution in [0.5, 0.6) is 0 Å². The average Bonchev–Trinajstić information content (AvgIpc) is 2.86. The van der Waals surface area contributed by atoms with Crippen molar-refractivity contribution in [1.29, 1.82) is 0 Å². The number of carbonyl (C=O) groups is 5. The molecule has 0 fully saturated rings. The maximum atomic E-state index is 11.2. The Hall–Kier alpha value is -3.79. The van der Waals surface area contributed by atoms with E-state index in [9.17, 15) is 24.0 Å². The van der Waals surface area contributed by atoms with Gasteiger partial charge in [0.25, 0.3) is 0 Å². The number of amides is 5. The van der Waals surface area contributed by atoms with Crippen molar-refractivity contribution in [2.24, 2.45) is 0 Å². The molecule has 0 saturated heterocycles. The van der Waals surface area contributed by atoms with E-state index in [2.05, 4.69) is 50.3 Å². The third-order valence-electron chi connectivity index (χ3n) is 4.45. The molecule has 5 N–H and O–H groups in total. The molecule has 0 aliphatic rings. The van der Waals surface area contributed by atoms with Gasteiger partial charge >= 0.3 is 0 Å². The van der Waals surface area contributed by atoms with E-state index in [4.69, 9.17) is 0 Å². The summed E-state index contributed by atoms with van der Waals surface area (Å²) in [6, 6.07) is 0. The van der Waals surface area contributed by atoms with Crippen LogP contribution in [0.4, 0.5) is 0 Å². The zero-order valence-corrected chi connectivity index (χ0v) is 24.7. The van der Waals surface area contributed by atoms with Crippen molar-refractivity contribution < 1.29 is 24.0 Å². The van der Waals surface area contributed by atoms with E-state index >= 15 is 0 Å². The first kappa shape index (κ1) is 39.7. The number of allylic oxidation sites excluding steroid dienone is 1. The Morgan fingerprint density at radius 2 is 1.03 bits per heavy atom. The van der Waals surface area contributed by atoms with Gasteiger partial charge in [0, 0.05) is 46.8 Å². The van der Waals surface area contributed by atoms with Crippen molar-refractivity contribution >= 4 is 29.5 Å². The molecule has 10 nitrogen and oxygen atoms in total. The highest BCUT2D eigenvalue weighted by Gasteiger charge is 1.99. The van der Waals surface area contributed by atoms with Gasteiger partial charge < -0.3 is 26.6 Å². The SMILES string of the molecule is C/C=C/C(=O)NCCCCCNC(C)=O.CC#CCNC(=O)CCCCCNC(C)=O.CC#CCNC(C)=O. The molecular formula is C29H49N5O5. The van der Waals surface area contributed by atoms with Crippen molar-refractivity contribution in [3.8, 4) is 23.7 Å². The molecule has 39 heavy (non-hydrogen) atoms. The van der Waals surface area contributed by atoms with E-state index < -0.39 is 0 Å². The van der Waals surface area contributed by atoms with Crippen molar-refractivity contribution in [1.82, 2.24) is 26.6 Å². The molecule has 220 valence electrons. The molecule has 0 aromatic carbocycles. The van der Waals surface area contributed by atoms with Crippen molar-refractivity contribution in [2.45, 2.75) is 86.5 Å². The first-order valence-corrected chi connectivity index (χ1v) is 13.3. The maximum absolute atomic E-state index is 11.2. The maximum Gasteiger partial charge on any atom is 0.243 e. The zero-order valence-electron chi connectivity index (χ0n) is 24.7. The van der Waals surface area contributed by atoms with Crippen LogP contribution in [0.3, 0.4) is 0 Å². The minimum Gasteiger partial charge on any atom is -0.356 e. The number of nitrogens with one attached hydrogen (secondary N) is 5. The van der Waals surface area contributed by atoms with Gasteiger partial charge in [0.2, 0.25) is 29.5 Å². The number of hydrogen-bond donors (Lipinski definition) is 5. The molecule has 0 radical (unpaired) electrons. The summed E-state index contributed by atoms with van der Waals surface area (Å²) < 4.78 is 0. The van der Waals surface area contributed by atoms with Crippen molar-refractivity contribution in [3.63, 3.8) is 0 Å². The van der Waals surface area contributed by atoms with E-state index in [1.165, 1.54) is 26.8 Å². The Labute approximate surface area is 235 Å². The molecule has 0 rings (SSSR count). The monoisotopic (exact) mass is 547 g/mol. The van der Waals surface area contributed by atoms with Gasteiger partial charge in [-0.2, -0.15) is 0 Å². The van der Waals surface area contributed by atoms with Gasteiger partial charge in [-0.1, -0.05) is 24.3 Å². The van der Waals surface area contributed by atoms with E-state index in [1.807, 2.05) is 6.92 Å². The minimum absolute atomic E-state index is 0.00381. The van der Waals surface area contributed by atoms with Crippen LogP contribution in [0.25, 0.3) is 0 Å². The molecule has 10 heteroatoms. The smallest absolute Gasteiger partial charge is 0.243 e. The first-order valence-electron chi connectivity index (χ1n) is 13.3. The van der Waals surface area contributed by atoms with Crippen molar-refractivity contribution in [3.05, 3.63) is 12.2 Å². The Kier molecular flexibility index (Phi) is 32.8. The number of hydrogen-bond acceptors (Lipinski definition) is 5. The summed E-state index contributed by atoms with van der Waals surface area (Å²) in [5.41, 5.74) is 0. The summed E-state index contributed by atoms with van der Waals surface area (Å²) >= 11 is 0. The molecule has 0 saturated carbocycles. The van der Waals surface area contributed by atoms with Crippen LogP contribution in [0, 0.1) is 23.7 Å².